The zero-order chi connectivity index (χ0) is 16.4. The molecule has 4 rings (SSSR count). The maximum atomic E-state index is 5.87. The number of para-hydroxylation sites is 2. The van der Waals surface area contributed by atoms with Gasteiger partial charge in [0.05, 0.1) is 5.69 Å². The fourth-order valence-electron chi connectivity index (χ4n) is 2.38. The SMILES string of the molecule is Clc1ccc(C=Nc2ccc(-c3nc4ccccc4o3)cc2)cc1. The van der Waals surface area contributed by atoms with Gasteiger partial charge in [0.15, 0.2) is 5.58 Å². The normalized spacial score (nSPS) is 11.4. The monoisotopic (exact) mass is 332 g/mol. The highest BCUT2D eigenvalue weighted by Gasteiger charge is 2.07. The number of aromatic nitrogens is 1. The van der Waals surface area contributed by atoms with Gasteiger partial charge in [0.25, 0.3) is 0 Å². The molecule has 0 fully saturated rings. The Hall–Kier alpha value is -2.91. The minimum absolute atomic E-state index is 0.615. The summed E-state index contributed by atoms with van der Waals surface area (Å²) in [5.41, 5.74) is 4.44. The Morgan fingerprint density at radius 1 is 0.875 bits per heavy atom. The molecule has 0 unspecified atom stereocenters. The molecule has 0 bridgehead atoms. The first-order valence-electron chi connectivity index (χ1n) is 7.54. The minimum atomic E-state index is 0.615. The van der Waals surface area contributed by atoms with Gasteiger partial charge in [-0.3, -0.25) is 4.99 Å². The summed E-state index contributed by atoms with van der Waals surface area (Å²) in [6.45, 7) is 0. The van der Waals surface area contributed by atoms with Crippen molar-refractivity contribution in [1.82, 2.24) is 4.98 Å². The van der Waals surface area contributed by atoms with Gasteiger partial charge in [-0.05, 0) is 54.1 Å². The minimum Gasteiger partial charge on any atom is -0.436 e. The van der Waals surface area contributed by atoms with Crippen LogP contribution < -0.4 is 0 Å². The van der Waals surface area contributed by atoms with E-state index < -0.39 is 0 Å². The predicted octanol–water partition coefficient (Wildman–Crippen LogP) is 5.90. The number of oxazole rings is 1. The van der Waals surface area contributed by atoms with Gasteiger partial charge >= 0.3 is 0 Å². The molecule has 0 atom stereocenters. The second kappa shape index (κ2) is 6.30. The summed E-state index contributed by atoms with van der Waals surface area (Å²) in [4.78, 5) is 8.96. The zero-order valence-corrected chi connectivity index (χ0v) is 13.4. The van der Waals surface area contributed by atoms with Crippen molar-refractivity contribution in [2.45, 2.75) is 0 Å². The second-order valence-corrected chi connectivity index (χ2v) is 5.78. The molecule has 0 saturated carbocycles. The van der Waals surface area contributed by atoms with Gasteiger partial charge in [0.2, 0.25) is 5.89 Å². The highest BCUT2D eigenvalue weighted by Crippen LogP contribution is 2.25. The zero-order valence-electron chi connectivity index (χ0n) is 12.7. The Morgan fingerprint density at radius 3 is 2.38 bits per heavy atom. The molecule has 0 spiro atoms. The van der Waals surface area contributed by atoms with Crippen LogP contribution >= 0.6 is 11.6 Å². The van der Waals surface area contributed by atoms with E-state index in [1.54, 1.807) is 0 Å². The molecule has 0 saturated heterocycles. The lowest BCUT2D eigenvalue weighted by molar-refractivity contribution is 0.620. The first-order chi connectivity index (χ1) is 11.8. The van der Waals surface area contributed by atoms with E-state index >= 15 is 0 Å². The van der Waals surface area contributed by atoms with Gasteiger partial charge < -0.3 is 4.42 Å². The average molecular weight is 333 g/mol. The molecule has 3 aromatic carbocycles. The number of hydrogen-bond donors (Lipinski definition) is 0. The number of fused-ring (bicyclic) bond motifs is 1. The number of benzene rings is 3. The van der Waals surface area contributed by atoms with Gasteiger partial charge in [-0.15, -0.1) is 0 Å². The summed E-state index contributed by atoms with van der Waals surface area (Å²) < 4.78 is 5.77. The topological polar surface area (TPSA) is 38.4 Å². The summed E-state index contributed by atoms with van der Waals surface area (Å²) >= 11 is 5.87. The van der Waals surface area contributed by atoms with Crippen LogP contribution in [0, 0.1) is 0 Å². The van der Waals surface area contributed by atoms with E-state index in [9.17, 15) is 0 Å². The second-order valence-electron chi connectivity index (χ2n) is 5.34. The van der Waals surface area contributed by atoms with E-state index in [0.717, 1.165) is 32.9 Å². The van der Waals surface area contributed by atoms with Crippen molar-refractivity contribution in [2.24, 2.45) is 4.99 Å². The fraction of sp³-hybridized carbons (Fsp3) is 0. The lowest BCUT2D eigenvalue weighted by Gasteiger charge is -1.97. The Kier molecular flexibility index (Phi) is 3.85. The summed E-state index contributed by atoms with van der Waals surface area (Å²) in [5.74, 6) is 0.615. The Labute approximate surface area is 144 Å². The standard InChI is InChI=1S/C20H13ClN2O/c21-16-9-5-14(6-10-16)13-22-17-11-7-15(8-12-17)20-23-18-3-1-2-4-19(18)24-20/h1-13H. The highest BCUT2D eigenvalue weighted by molar-refractivity contribution is 6.30. The molecular weight excluding hydrogens is 320 g/mol. The first-order valence-corrected chi connectivity index (χ1v) is 7.91. The van der Waals surface area contributed by atoms with E-state index in [0.29, 0.717) is 5.89 Å². The third-order valence-corrected chi connectivity index (χ3v) is 3.89. The molecule has 0 radical (unpaired) electrons. The highest BCUT2D eigenvalue weighted by atomic mass is 35.5. The molecule has 1 heterocycles. The molecule has 4 aromatic rings. The van der Waals surface area contributed by atoms with Crippen LogP contribution in [0.15, 0.2) is 82.2 Å². The quantitative estimate of drug-likeness (QED) is 0.438. The first kappa shape index (κ1) is 14.7. The van der Waals surface area contributed by atoms with Gasteiger partial charge in [0, 0.05) is 16.8 Å². The Balaban J connectivity index is 1.57. The molecule has 0 aliphatic rings. The predicted molar refractivity (Wildman–Crippen MR) is 98.2 cm³/mol. The number of aliphatic imine (C=N–C) groups is 1. The molecule has 4 heteroatoms. The van der Waals surface area contributed by atoms with Crippen molar-refractivity contribution in [3.05, 3.63) is 83.4 Å². The van der Waals surface area contributed by atoms with Crippen molar-refractivity contribution in [3.8, 4) is 11.5 Å². The number of hydrogen-bond acceptors (Lipinski definition) is 3. The van der Waals surface area contributed by atoms with Crippen LogP contribution in [0.2, 0.25) is 5.02 Å². The van der Waals surface area contributed by atoms with Gasteiger partial charge in [-0.25, -0.2) is 4.98 Å². The molecule has 0 amide bonds. The van der Waals surface area contributed by atoms with Crippen molar-refractivity contribution >= 4 is 34.6 Å². The Bertz CT molecular complexity index is 969. The van der Waals surface area contributed by atoms with Crippen molar-refractivity contribution in [3.63, 3.8) is 0 Å². The van der Waals surface area contributed by atoms with E-state index in [2.05, 4.69) is 9.98 Å². The summed E-state index contributed by atoms with van der Waals surface area (Å²) in [6.07, 6.45) is 1.81. The molecule has 1 aromatic heterocycles. The third-order valence-electron chi connectivity index (χ3n) is 3.64. The van der Waals surface area contributed by atoms with Crippen molar-refractivity contribution < 1.29 is 4.42 Å². The lowest BCUT2D eigenvalue weighted by Crippen LogP contribution is -1.80. The van der Waals surface area contributed by atoms with Crippen LogP contribution in [0.5, 0.6) is 0 Å². The van der Waals surface area contributed by atoms with Crippen molar-refractivity contribution in [2.75, 3.05) is 0 Å². The van der Waals surface area contributed by atoms with Crippen molar-refractivity contribution in [1.29, 1.82) is 0 Å². The van der Waals surface area contributed by atoms with Crippen LogP contribution in [0.4, 0.5) is 5.69 Å². The fourth-order valence-corrected chi connectivity index (χ4v) is 2.51. The maximum absolute atomic E-state index is 5.87. The summed E-state index contributed by atoms with van der Waals surface area (Å²) in [5, 5.41) is 0.717. The van der Waals surface area contributed by atoms with E-state index in [-0.39, 0.29) is 0 Å². The van der Waals surface area contributed by atoms with Crippen LogP contribution in [0.1, 0.15) is 5.56 Å². The molecule has 116 valence electrons. The number of halogens is 1. The van der Waals surface area contributed by atoms with Crippen LogP contribution in [-0.4, -0.2) is 11.2 Å². The molecule has 24 heavy (non-hydrogen) atoms. The smallest absolute Gasteiger partial charge is 0.227 e. The van der Waals surface area contributed by atoms with Crippen LogP contribution in [0.3, 0.4) is 0 Å². The van der Waals surface area contributed by atoms with Gasteiger partial charge in [-0.2, -0.15) is 0 Å². The molecule has 0 N–H and O–H groups in total. The Morgan fingerprint density at radius 2 is 1.62 bits per heavy atom. The van der Waals surface area contributed by atoms with Gasteiger partial charge in [0.1, 0.15) is 5.52 Å². The molecule has 3 nitrogen and oxygen atoms in total. The number of nitrogens with zero attached hydrogens (tertiary/aromatic N) is 2. The molecular formula is C20H13ClN2O. The summed E-state index contributed by atoms with van der Waals surface area (Å²) in [7, 11) is 0. The third kappa shape index (κ3) is 3.07. The van der Waals surface area contributed by atoms with Crippen LogP contribution in [0.25, 0.3) is 22.6 Å². The maximum Gasteiger partial charge on any atom is 0.227 e. The van der Waals surface area contributed by atoms with E-state index in [1.807, 2.05) is 79.0 Å². The number of rotatable bonds is 3. The lowest BCUT2D eigenvalue weighted by atomic mass is 10.2. The van der Waals surface area contributed by atoms with E-state index in [4.69, 9.17) is 16.0 Å². The molecule has 0 aliphatic heterocycles. The van der Waals surface area contributed by atoms with Crippen LogP contribution in [-0.2, 0) is 0 Å². The van der Waals surface area contributed by atoms with E-state index in [1.165, 1.54) is 0 Å². The molecule has 0 aliphatic carbocycles. The average Bonchev–Trinajstić information content (AvgIpc) is 3.06. The summed E-state index contributed by atoms with van der Waals surface area (Å²) in [6, 6.07) is 23.1. The largest absolute Gasteiger partial charge is 0.436 e. The van der Waals surface area contributed by atoms with Gasteiger partial charge in [-0.1, -0.05) is 35.9 Å².